The number of nitrogen functional groups attached to an aromatic ring is 1. The summed E-state index contributed by atoms with van der Waals surface area (Å²) in [4.78, 5) is 5.09. The predicted octanol–water partition coefficient (Wildman–Crippen LogP) is 3.00. The van der Waals surface area contributed by atoms with E-state index in [4.69, 9.17) is 11.0 Å². The number of anilines is 1. The summed E-state index contributed by atoms with van der Waals surface area (Å²) in [5.74, 6) is 0. The summed E-state index contributed by atoms with van der Waals surface area (Å²) >= 11 is 1.42. The minimum absolute atomic E-state index is 0.628. The molecule has 0 unspecified atom stereocenters. The Balaban J connectivity index is 2.40. The molecule has 0 aliphatic heterocycles. The number of nitrogens with zero attached hydrogens (tertiary/aromatic N) is 2. The van der Waals surface area contributed by atoms with Gasteiger partial charge < -0.3 is 5.73 Å². The van der Waals surface area contributed by atoms with Crippen LogP contribution >= 0.6 is 11.8 Å². The molecule has 17 heavy (non-hydrogen) atoms. The van der Waals surface area contributed by atoms with E-state index in [9.17, 15) is 0 Å². The number of pyridine rings is 1. The van der Waals surface area contributed by atoms with Crippen LogP contribution in [0.5, 0.6) is 0 Å². The van der Waals surface area contributed by atoms with Gasteiger partial charge in [0.05, 0.1) is 11.3 Å². The van der Waals surface area contributed by atoms with Gasteiger partial charge in [-0.3, -0.25) is 0 Å². The minimum atomic E-state index is 0.628. The third-order valence-electron chi connectivity index (χ3n) is 2.26. The molecule has 2 aromatic rings. The molecule has 0 saturated heterocycles. The van der Waals surface area contributed by atoms with Gasteiger partial charge in [-0.25, -0.2) is 4.98 Å². The minimum Gasteiger partial charge on any atom is -0.397 e. The number of benzene rings is 1. The van der Waals surface area contributed by atoms with Crippen LogP contribution in [0.1, 0.15) is 11.1 Å². The zero-order valence-electron chi connectivity index (χ0n) is 9.34. The summed E-state index contributed by atoms with van der Waals surface area (Å²) < 4.78 is 0. The average Bonchev–Trinajstić information content (AvgIpc) is 2.32. The van der Waals surface area contributed by atoms with Crippen molar-refractivity contribution in [3.05, 3.63) is 47.7 Å². The highest BCUT2D eigenvalue weighted by Gasteiger charge is 2.07. The topological polar surface area (TPSA) is 62.7 Å². The number of aryl methyl sites for hydroxylation is 1. The van der Waals surface area contributed by atoms with Gasteiger partial charge in [0, 0.05) is 11.1 Å². The molecule has 3 nitrogen and oxygen atoms in total. The highest BCUT2D eigenvalue weighted by molar-refractivity contribution is 7.99. The van der Waals surface area contributed by atoms with Crippen LogP contribution < -0.4 is 5.73 Å². The summed E-state index contributed by atoms with van der Waals surface area (Å²) in [6, 6.07) is 11.5. The van der Waals surface area contributed by atoms with Gasteiger partial charge in [-0.15, -0.1) is 0 Å². The lowest BCUT2D eigenvalue weighted by Crippen LogP contribution is -1.91. The van der Waals surface area contributed by atoms with E-state index in [-0.39, 0.29) is 0 Å². The number of hydrogen-bond acceptors (Lipinski definition) is 4. The van der Waals surface area contributed by atoms with Crippen molar-refractivity contribution in [2.24, 2.45) is 0 Å². The average molecular weight is 241 g/mol. The number of nitriles is 1. The first-order valence-electron chi connectivity index (χ1n) is 5.10. The molecule has 1 aromatic carbocycles. The van der Waals surface area contributed by atoms with Gasteiger partial charge >= 0.3 is 0 Å². The summed E-state index contributed by atoms with van der Waals surface area (Å²) in [5.41, 5.74) is 8.22. The number of aromatic nitrogens is 1. The summed E-state index contributed by atoms with van der Waals surface area (Å²) in [6.07, 6.45) is 1.69. The first kappa shape index (κ1) is 11.5. The monoisotopic (exact) mass is 241 g/mol. The van der Waals surface area contributed by atoms with Crippen LogP contribution in [-0.4, -0.2) is 4.98 Å². The summed E-state index contributed by atoms with van der Waals surface area (Å²) in [7, 11) is 0. The molecule has 0 aliphatic carbocycles. The van der Waals surface area contributed by atoms with E-state index < -0.39 is 0 Å². The Morgan fingerprint density at radius 2 is 2.18 bits per heavy atom. The van der Waals surface area contributed by atoms with Crippen molar-refractivity contribution in [1.29, 1.82) is 5.26 Å². The van der Waals surface area contributed by atoms with Gasteiger partial charge in [0.15, 0.2) is 0 Å². The van der Waals surface area contributed by atoms with Crippen LogP contribution in [0.2, 0.25) is 0 Å². The third kappa shape index (κ3) is 2.58. The maximum atomic E-state index is 9.04. The standard InChI is InChI=1S/C13H11N3S/c1-9-4-5-10(8-14)12(7-9)17-13-11(15)3-2-6-16-13/h2-7H,15H2,1H3. The molecule has 0 amide bonds. The summed E-state index contributed by atoms with van der Waals surface area (Å²) in [6.45, 7) is 1.99. The molecule has 0 fully saturated rings. The molecule has 0 saturated carbocycles. The molecule has 0 radical (unpaired) electrons. The van der Waals surface area contributed by atoms with Crippen LogP contribution in [0.3, 0.4) is 0 Å². The molecule has 0 aliphatic rings. The zero-order chi connectivity index (χ0) is 12.3. The molecule has 0 spiro atoms. The van der Waals surface area contributed by atoms with Crippen LogP contribution in [0.25, 0.3) is 0 Å². The molecule has 0 bridgehead atoms. The van der Waals surface area contributed by atoms with E-state index in [1.165, 1.54) is 11.8 Å². The third-order valence-corrected chi connectivity index (χ3v) is 3.36. The first-order chi connectivity index (χ1) is 8.20. The molecule has 2 rings (SSSR count). The molecule has 0 atom stereocenters. The molecule has 84 valence electrons. The van der Waals surface area contributed by atoms with E-state index in [0.717, 1.165) is 15.5 Å². The maximum Gasteiger partial charge on any atom is 0.124 e. The highest BCUT2D eigenvalue weighted by Crippen LogP contribution is 2.32. The Labute approximate surface area is 104 Å². The Bertz CT molecular complexity index is 587. The van der Waals surface area contributed by atoms with E-state index >= 15 is 0 Å². The van der Waals surface area contributed by atoms with Gasteiger partial charge in [0.25, 0.3) is 0 Å². The van der Waals surface area contributed by atoms with E-state index in [1.807, 2.05) is 25.1 Å². The Kier molecular flexibility index (Phi) is 3.31. The van der Waals surface area contributed by atoms with Gasteiger partial charge in [0.2, 0.25) is 0 Å². The maximum absolute atomic E-state index is 9.04. The fraction of sp³-hybridized carbons (Fsp3) is 0.0769. The fourth-order valence-electron chi connectivity index (χ4n) is 1.40. The van der Waals surface area contributed by atoms with Crippen molar-refractivity contribution in [2.45, 2.75) is 16.8 Å². The molecule has 2 N–H and O–H groups in total. The van der Waals surface area contributed by atoms with Crippen LogP contribution in [0.15, 0.2) is 46.5 Å². The number of hydrogen-bond donors (Lipinski definition) is 1. The van der Waals surface area contributed by atoms with E-state index in [2.05, 4.69) is 11.1 Å². The predicted molar refractivity (Wildman–Crippen MR) is 68.7 cm³/mol. The molecule has 4 heteroatoms. The second kappa shape index (κ2) is 4.89. The normalized spacial score (nSPS) is 9.88. The molecule has 1 aromatic heterocycles. The Hall–Kier alpha value is -1.99. The van der Waals surface area contributed by atoms with Crippen LogP contribution in [-0.2, 0) is 0 Å². The molecular weight excluding hydrogens is 230 g/mol. The second-order valence-electron chi connectivity index (χ2n) is 3.61. The van der Waals surface area contributed by atoms with E-state index in [1.54, 1.807) is 18.3 Å². The number of rotatable bonds is 2. The zero-order valence-corrected chi connectivity index (χ0v) is 10.2. The lowest BCUT2D eigenvalue weighted by molar-refractivity contribution is 1.14. The van der Waals surface area contributed by atoms with Crippen molar-refractivity contribution >= 4 is 17.4 Å². The quantitative estimate of drug-likeness (QED) is 0.878. The lowest BCUT2D eigenvalue weighted by Gasteiger charge is -2.06. The SMILES string of the molecule is Cc1ccc(C#N)c(Sc2ncccc2N)c1. The van der Waals surface area contributed by atoms with Gasteiger partial charge in [-0.1, -0.05) is 17.8 Å². The largest absolute Gasteiger partial charge is 0.397 e. The smallest absolute Gasteiger partial charge is 0.124 e. The van der Waals surface area contributed by atoms with Crippen molar-refractivity contribution in [2.75, 3.05) is 5.73 Å². The second-order valence-corrected chi connectivity index (χ2v) is 4.64. The van der Waals surface area contributed by atoms with Crippen LogP contribution in [0.4, 0.5) is 5.69 Å². The van der Waals surface area contributed by atoms with Crippen molar-refractivity contribution in [3.63, 3.8) is 0 Å². The summed E-state index contributed by atoms with van der Waals surface area (Å²) in [5, 5.41) is 9.77. The van der Waals surface area contributed by atoms with Crippen molar-refractivity contribution in [1.82, 2.24) is 4.98 Å². The van der Waals surface area contributed by atoms with Crippen molar-refractivity contribution < 1.29 is 0 Å². The van der Waals surface area contributed by atoms with Gasteiger partial charge in [-0.05, 0) is 36.8 Å². The van der Waals surface area contributed by atoms with E-state index in [0.29, 0.717) is 11.3 Å². The first-order valence-corrected chi connectivity index (χ1v) is 5.91. The fourth-order valence-corrected chi connectivity index (χ4v) is 2.38. The molecular formula is C13H11N3S. The highest BCUT2D eigenvalue weighted by atomic mass is 32.2. The van der Waals surface area contributed by atoms with Gasteiger partial charge in [0.1, 0.15) is 11.1 Å². The van der Waals surface area contributed by atoms with Crippen molar-refractivity contribution in [3.8, 4) is 6.07 Å². The number of nitrogens with two attached hydrogens (primary N) is 1. The molecule has 1 heterocycles. The van der Waals surface area contributed by atoms with Gasteiger partial charge in [-0.2, -0.15) is 5.26 Å². The Morgan fingerprint density at radius 3 is 2.88 bits per heavy atom. The Morgan fingerprint density at radius 1 is 1.35 bits per heavy atom. The van der Waals surface area contributed by atoms with Crippen LogP contribution in [0, 0.1) is 18.3 Å². The lowest BCUT2D eigenvalue weighted by atomic mass is 10.2.